The maximum absolute atomic E-state index is 13.1. The van der Waals surface area contributed by atoms with Crippen molar-refractivity contribution < 1.29 is 9.21 Å². The highest BCUT2D eigenvalue weighted by Crippen LogP contribution is 2.13. The van der Waals surface area contributed by atoms with Crippen LogP contribution in [0.25, 0.3) is 11.1 Å². The summed E-state index contributed by atoms with van der Waals surface area (Å²) in [5.74, 6) is -0.680. The first-order chi connectivity index (χ1) is 14.2. The predicted molar refractivity (Wildman–Crippen MR) is 110 cm³/mol. The van der Waals surface area contributed by atoms with Gasteiger partial charge in [-0.25, -0.2) is 4.79 Å². The lowest BCUT2D eigenvalue weighted by Crippen LogP contribution is -2.37. The maximum atomic E-state index is 13.1. The van der Waals surface area contributed by atoms with E-state index < -0.39 is 5.76 Å². The summed E-state index contributed by atoms with van der Waals surface area (Å²) in [7, 11) is 0. The minimum atomic E-state index is -0.527. The molecule has 0 fully saturated rings. The molecule has 1 amide bonds. The zero-order valence-corrected chi connectivity index (χ0v) is 15.9. The maximum Gasteiger partial charge on any atom is 0.420 e. The molecule has 2 heterocycles. The monoisotopic (exact) mass is 387 g/mol. The normalized spacial score (nSPS) is 10.9. The molecule has 0 N–H and O–H groups in total. The molecule has 29 heavy (non-hydrogen) atoms. The summed E-state index contributed by atoms with van der Waals surface area (Å²) in [4.78, 5) is 31.5. The molecular weight excluding hydrogens is 366 g/mol. The molecule has 0 saturated carbocycles. The predicted octanol–water partition coefficient (Wildman–Crippen LogP) is 3.26. The van der Waals surface area contributed by atoms with E-state index in [1.165, 1.54) is 4.57 Å². The van der Waals surface area contributed by atoms with Crippen LogP contribution in [-0.2, 0) is 24.3 Å². The third kappa shape index (κ3) is 4.43. The molecule has 0 radical (unpaired) electrons. The fourth-order valence-corrected chi connectivity index (χ4v) is 3.29. The van der Waals surface area contributed by atoms with E-state index in [9.17, 15) is 9.59 Å². The van der Waals surface area contributed by atoms with Crippen molar-refractivity contribution in [1.29, 1.82) is 0 Å². The summed E-state index contributed by atoms with van der Waals surface area (Å²) < 4.78 is 6.63. The first kappa shape index (κ1) is 18.7. The van der Waals surface area contributed by atoms with Crippen LogP contribution in [0.3, 0.4) is 0 Å². The van der Waals surface area contributed by atoms with Gasteiger partial charge in [-0.15, -0.1) is 0 Å². The molecule has 0 aliphatic carbocycles. The van der Waals surface area contributed by atoms with Crippen molar-refractivity contribution in [3.05, 3.63) is 101 Å². The van der Waals surface area contributed by atoms with Gasteiger partial charge in [0.1, 0.15) is 6.54 Å². The number of carbonyl (C=O) groups excluding carboxylic acids is 1. The largest absolute Gasteiger partial charge is 0.420 e. The topological polar surface area (TPSA) is 68.3 Å². The first-order valence-electron chi connectivity index (χ1n) is 9.51. The number of pyridine rings is 1. The number of hydrogen-bond acceptors (Lipinski definition) is 4. The van der Waals surface area contributed by atoms with Crippen molar-refractivity contribution in [2.24, 2.45) is 0 Å². The van der Waals surface area contributed by atoms with E-state index in [0.29, 0.717) is 24.2 Å². The van der Waals surface area contributed by atoms with Crippen LogP contribution >= 0.6 is 0 Å². The fraction of sp³-hybridized carbons (Fsp3) is 0.174. The van der Waals surface area contributed by atoms with Gasteiger partial charge in [-0.05, 0) is 36.2 Å². The highest BCUT2D eigenvalue weighted by atomic mass is 16.4. The summed E-state index contributed by atoms with van der Waals surface area (Å²) in [6, 6.07) is 22.8. The van der Waals surface area contributed by atoms with Crippen LogP contribution in [-0.4, -0.2) is 26.9 Å². The quantitative estimate of drug-likeness (QED) is 0.488. The van der Waals surface area contributed by atoms with Gasteiger partial charge in [-0.1, -0.05) is 48.5 Å². The minimum Gasteiger partial charge on any atom is -0.408 e. The van der Waals surface area contributed by atoms with E-state index >= 15 is 0 Å². The van der Waals surface area contributed by atoms with Crippen molar-refractivity contribution in [1.82, 2.24) is 14.5 Å². The molecule has 0 spiro atoms. The molecule has 146 valence electrons. The Bertz CT molecular complexity index is 1150. The van der Waals surface area contributed by atoms with E-state index in [1.54, 1.807) is 29.3 Å². The second-order valence-corrected chi connectivity index (χ2v) is 6.79. The van der Waals surface area contributed by atoms with Crippen molar-refractivity contribution in [2.45, 2.75) is 19.5 Å². The molecule has 0 bridgehead atoms. The summed E-state index contributed by atoms with van der Waals surface area (Å²) in [6.07, 6.45) is 2.43. The Morgan fingerprint density at radius 2 is 1.72 bits per heavy atom. The lowest BCUT2D eigenvalue weighted by atomic mass is 10.1. The van der Waals surface area contributed by atoms with E-state index in [1.807, 2.05) is 54.6 Å². The lowest BCUT2D eigenvalue weighted by molar-refractivity contribution is -0.132. The van der Waals surface area contributed by atoms with Gasteiger partial charge >= 0.3 is 5.76 Å². The van der Waals surface area contributed by atoms with Crippen molar-refractivity contribution in [3.8, 4) is 0 Å². The zero-order valence-electron chi connectivity index (χ0n) is 15.9. The second-order valence-electron chi connectivity index (χ2n) is 6.79. The first-order valence-corrected chi connectivity index (χ1v) is 9.51. The second kappa shape index (κ2) is 8.56. The summed E-state index contributed by atoms with van der Waals surface area (Å²) in [5.41, 5.74) is 3.05. The summed E-state index contributed by atoms with van der Waals surface area (Å²) in [6.45, 7) is 0.846. The molecule has 0 atom stereocenters. The van der Waals surface area contributed by atoms with E-state index in [0.717, 1.165) is 17.7 Å². The molecule has 0 aliphatic heterocycles. The number of rotatable bonds is 7. The highest BCUT2D eigenvalue weighted by Gasteiger charge is 2.18. The number of carbonyl (C=O) groups is 1. The fourth-order valence-electron chi connectivity index (χ4n) is 3.29. The number of benzene rings is 2. The molecule has 0 saturated heterocycles. The SMILES string of the molecule is O=C(Cn1c(=O)oc2ccccc21)N(CCc1ccccc1)Cc1ccccn1. The van der Waals surface area contributed by atoms with Gasteiger partial charge < -0.3 is 9.32 Å². The van der Waals surface area contributed by atoms with Gasteiger partial charge in [0.15, 0.2) is 5.58 Å². The van der Waals surface area contributed by atoms with Gasteiger partial charge in [-0.3, -0.25) is 14.3 Å². The Balaban J connectivity index is 1.56. The van der Waals surface area contributed by atoms with Crippen LogP contribution < -0.4 is 5.76 Å². The van der Waals surface area contributed by atoms with Crippen LogP contribution in [0.2, 0.25) is 0 Å². The van der Waals surface area contributed by atoms with Crippen LogP contribution in [0, 0.1) is 0 Å². The molecule has 4 aromatic rings. The van der Waals surface area contributed by atoms with E-state index in [-0.39, 0.29) is 12.5 Å². The highest BCUT2D eigenvalue weighted by molar-refractivity contribution is 5.79. The Kier molecular flexibility index (Phi) is 5.52. The number of aromatic nitrogens is 2. The number of amides is 1. The van der Waals surface area contributed by atoms with Gasteiger partial charge in [0, 0.05) is 12.7 Å². The molecular formula is C23H21N3O3. The third-order valence-corrected chi connectivity index (χ3v) is 4.81. The van der Waals surface area contributed by atoms with Gasteiger partial charge in [0.25, 0.3) is 0 Å². The van der Waals surface area contributed by atoms with Gasteiger partial charge in [0.2, 0.25) is 5.91 Å². The zero-order chi connectivity index (χ0) is 20.1. The number of oxazole rings is 1. The molecule has 0 unspecified atom stereocenters. The van der Waals surface area contributed by atoms with E-state index in [2.05, 4.69) is 4.98 Å². The summed E-state index contributed by atoms with van der Waals surface area (Å²) >= 11 is 0. The minimum absolute atomic E-state index is 0.0720. The van der Waals surface area contributed by atoms with Crippen LogP contribution in [0.5, 0.6) is 0 Å². The smallest absolute Gasteiger partial charge is 0.408 e. The van der Waals surface area contributed by atoms with Crippen molar-refractivity contribution in [3.63, 3.8) is 0 Å². The molecule has 6 heteroatoms. The van der Waals surface area contributed by atoms with Crippen molar-refractivity contribution in [2.75, 3.05) is 6.54 Å². The molecule has 2 aromatic carbocycles. The average Bonchev–Trinajstić information content (AvgIpc) is 3.07. The number of para-hydroxylation sites is 2. The Hall–Kier alpha value is -3.67. The molecule has 6 nitrogen and oxygen atoms in total. The molecule has 0 aliphatic rings. The lowest BCUT2D eigenvalue weighted by Gasteiger charge is -2.22. The Morgan fingerprint density at radius 3 is 2.52 bits per heavy atom. The standard InChI is InChI=1S/C23H21N3O3/c27-22(17-26-20-11-4-5-12-21(20)29-23(26)28)25(16-19-10-6-7-14-24-19)15-13-18-8-2-1-3-9-18/h1-12,14H,13,15-17H2. The van der Waals surface area contributed by atoms with Gasteiger partial charge in [0.05, 0.1) is 17.8 Å². The number of nitrogens with zero attached hydrogens (tertiary/aromatic N) is 3. The van der Waals surface area contributed by atoms with Crippen LogP contribution in [0.1, 0.15) is 11.3 Å². The van der Waals surface area contributed by atoms with E-state index in [4.69, 9.17) is 4.42 Å². The average molecular weight is 387 g/mol. The summed E-state index contributed by atoms with van der Waals surface area (Å²) in [5, 5.41) is 0. The van der Waals surface area contributed by atoms with Crippen LogP contribution in [0.15, 0.2) is 88.2 Å². The molecule has 4 rings (SSSR count). The Morgan fingerprint density at radius 1 is 0.966 bits per heavy atom. The Labute approximate surface area is 168 Å². The van der Waals surface area contributed by atoms with Gasteiger partial charge in [-0.2, -0.15) is 0 Å². The van der Waals surface area contributed by atoms with Crippen molar-refractivity contribution >= 4 is 17.0 Å². The molecule has 2 aromatic heterocycles. The third-order valence-electron chi connectivity index (χ3n) is 4.81. The van der Waals surface area contributed by atoms with Crippen LogP contribution in [0.4, 0.5) is 0 Å². The number of hydrogen-bond donors (Lipinski definition) is 0. The number of fused-ring (bicyclic) bond motifs is 1.